The smallest absolute Gasteiger partial charge is 0.316 e. The van der Waals surface area contributed by atoms with Crippen molar-refractivity contribution in [2.24, 2.45) is 0 Å². The van der Waals surface area contributed by atoms with Crippen molar-refractivity contribution in [1.29, 1.82) is 0 Å². The molecule has 2 aliphatic heterocycles. The Hall–Kier alpha value is -3.28. The van der Waals surface area contributed by atoms with Gasteiger partial charge in [0.2, 0.25) is 5.91 Å². The molecule has 2 aliphatic rings. The van der Waals surface area contributed by atoms with Crippen LogP contribution in [-0.2, 0) is 50.3 Å². The summed E-state index contributed by atoms with van der Waals surface area (Å²) < 4.78 is 46.8. The maximum absolute atomic E-state index is 13.3. The molecule has 1 amide bonds. The fourth-order valence-electron chi connectivity index (χ4n) is 5.59. The van der Waals surface area contributed by atoms with Gasteiger partial charge in [-0.2, -0.15) is 13.4 Å². The van der Waals surface area contributed by atoms with Gasteiger partial charge < -0.3 is 14.2 Å². The highest BCUT2D eigenvalue weighted by atomic mass is 32.2. The molecule has 11 heteroatoms. The van der Waals surface area contributed by atoms with E-state index in [1.54, 1.807) is 0 Å². The monoisotopic (exact) mass is 596 g/mol. The minimum absolute atomic E-state index is 0.0146. The number of amides is 1. The lowest BCUT2D eigenvalue weighted by molar-refractivity contribution is -0.118. The van der Waals surface area contributed by atoms with Gasteiger partial charge in [-0.15, -0.1) is 5.10 Å². The van der Waals surface area contributed by atoms with Gasteiger partial charge in [0.25, 0.3) is 5.16 Å². The number of aromatic nitrogens is 3. The lowest BCUT2D eigenvalue weighted by Crippen LogP contribution is -2.35. The van der Waals surface area contributed by atoms with E-state index in [1.807, 2.05) is 13.8 Å². The minimum Gasteiger partial charge on any atom is -0.461 e. The van der Waals surface area contributed by atoms with Crippen molar-refractivity contribution in [3.05, 3.63) is 58.1 Å². The molecule has 42 heavy (non-hydrogen) atoms. The zero-order chi connectivity index (χ0) is 30.2. The molecule has 3 heterocycles. The van der Waals surface area contributed by atoms with Crippen LogP contribution in [0.3, 0.4) is 0 Å². The van der Waals surface area contributed by atoms with E-state index in [2.05, 4.69) is 72.8 Å². The number of carbonyl (C=O) groups is 1. The highest BCUT2D eigenvalue weighted by Gasteiger charge is 2.30. The summed E-state index contributed by atoms with van der Waals surface area (Å²) in [7, 11) is -4.32. The van der Waals surface area contributed by atoms with E-state index in [9.17, 15) is 13.2 Å². The number of fused-ring (bicyclic) bond motifs is 2. The van der Waals surface area contributed by atoms with Crippen LogP contribution >= 0.6 is 0 Å². The second kappa shape index (κ2) is 12.1. The van der Waals surface area contributed by atoms with Crippen LogP contribution in [-0.4, -0.2) is 54.5 Å². The van der Waals surface area contributed by atoms with Crippen LogP contribution in [0.15, 0.2) is 35.5 Å². The maximum Gasteiger partial charge on any atom is 0.316 e. The number of rotatable bonds is 9. The lowest BCUT2D eigenvalue weighted by Gasteiger charge is -2.24. The molecule has 1 unspecified atom stereocenters. The molecule has 0 saturated carbocycles. The van der Waals surface area contributed by atoms with Gasteiger partial charge in [-0.25, -0.2) is 9.40 Å². The Kier molecular flexibility index (Phi) is 8.73. The average molecular weight is 597 g/mol. The van der Waals surface area contributed by atoms with Crippen molar-refractivity contribution in [3.8, 4) is 17.1 Å². The summed E-state index contributed by atoms with van der Waals surface area (Å²) in [5.41, 5.74) is 7.55. The molecule has 226 valence electrons. The third kappa shape index (κ3) is 6.53. The molecule has 1 atom stereocenters. The van der Waals surface area contributed by atoms with Crippen molar-refractivity contribution < 1.29 is 27.4 Å². The van der Waals surface area contributed by atoms with E-state index in [0.29, 0.717) is 13.2 Å². The fraction of sp³-hybridized carbons (Fsp3) is 0.516. The standard InChI is InChI=1S/C31H40N4O6S/c1-18(2)26-12-23(22-8-7-21-9-10-39-16-24(21)11-22)13-27(19(3)4)28(26)14-29(36)34-42(37,38)30-32-31-35(33-30)15-25(17-40-31)41-20(5)6/h7-8,11-13,18-20,25H,9-10,14-17H2,1-6H3,(H,34,36). The topological polar surface area (TPSA) is 122 Å². The van der Waals surface area contributed by atoms with E-state index >= 15 is 0 Å². The molecule has 0 fully saturated rings. The third-order valence-electron chi connectivity index (χ3n) is 7.56. The Labute approximate surface area is 247 Å². The molecule has 1 N–H and O–H groups in total. The van der Waals surface area contributed by atoms with Crippen LogP contribution in [0, 0.1) is 0 Å². The van der Waals surface area contributed by atoms with Gasteiger partial charge in [-0.1, -0.05) is 52.0 Å². The van der Waals surface area contributed by atoms with Gasteiger partial charge in [0.05, 0.1) is 32.3 Å². The molecule has 5 rings (SSSR count). The van der Waals surface area contributed by atoms with E-state index in [1.165, 1.54) is 15.8 Å². The molecule has 0 spiro atoms. The van der Waals surface area contributed by atoms with Gasteiger partial charge in [0.1, 0.15) is 12.7 Å². The summed E-state index contributed by atoms with van der Waals surface area (Å²) in [6, 6.07) is 10.8. The summed E-state index contributed by atoms with van der Waals surface area (Å²) in [6.45, 7) is 14.1. The number of carbonyl (C=O) groups excluding carboxylic acids is 1. The van der Waals surface area contributed by atoms with E-state index < -0.39 is 21.1 Å². The Balaban J connectivity index is 1.39. The van der Waals surface area contributed by atoms with E-state index in [0.717, 1.165) is 40.8 Å². The minimum atomic E-state index is -4.32. The first kappa shape index (κ1) is 30.2. The summed E-state index contributed by atoms with van der Waals surface area (Å²) in [4.78, 5) is 17.3. The first-order valence-corrected chi connectivity index (χ1v) is 16.0. The third-order valence-corrected chi connectivity index (χ3v) is 8.71. The largest absolute Gasteiger partial charge is 0.461 e. The molecule has 0 aliphatic carbocycles. The molecular weight excluding hydrogens is 556 g/mol. The van der Waals surface area contributed by atoms with Crippen LogP contribution in [0.5, 0.6) is 6.01 Å². The number of ether oxygens (including phenoxy) is 3. The highest BCUT2D eigenvalue weighted by Crippen LogP contribution is 2.35. The van der Waals surface area contributed by atoms with Crippen LogP contribution in [0.1, 0.15) is 81.2 Å². The summed E-state index contributed by atoms with van der Waals surface area (Å²) in [5.74, 6) is -0.419. The highest BCUT2D eigenvalue weighted by molar-refractivity contribution is 7.89. The number of nitrogens with zero attached hydrogens (tertiary/aromatic N) is 3. The van der Waals surface area contributed by atoms with Crippen molar-refractivity contribution >= 4 is 15.9 Å². The number of benzene rings is 2. The molecule has 10 nitrogen and oxygen atoms in total. The summed E-state index contributed by atoms with van der Waals surface area (Å²) >= 11 is 0. The zero-order valence-corrected chi connectivity index (χ0v) is 26.0. The Bertz CT molecular complexity index is 1550. The number of hydrogen-bond acceptors (Lipinski definition) is 8. The van der Waals surface area contributed by atoms with Crippen LogP contribution in [0.4, 0.5) is 0 Å². The van der Waals surface area contributed by atoms with Crippen molar-refractivity contribution in [2.75, 3.05) is 13.2 Å². The lowest BCUT2D eigenvalue weighted by atomic mass is 9.83. The molecule has 0 radical (unpaired) electrons. The predicted octanol–water partition coefficient (Wildman–Crippen LogP) is 4.50. The molecule has 0 bridgehead atoms. The summed E-state index contributed by atoms with van der Waals surface area (Å²) in [6.07, 6.45) is 0.538. The first-order valence-electron chi connectivity index (χ1n) is 14.6. The Morgan fingerprint density at radius 1 is 1.05 bits per heavy atom. The Morgan fingerprint density at radius 2 is 1.76 bits per heavy atom. The fourth-order valence-corrected chi connectivity index (χ4v) is 6.45. The van der Waals surface area contributed by atoms with E-state index in [-0.39, 0.29) is 43.1 Å². The zero-order valence-electron chi connectivity index (χ0n) is 25.1. The number of nitrogens with one attached hydrogen (secondary N) is 1. The van der Waals surface area contributed by atoms with Crippen molar-refractivity contribution in [3.63, 3.8) is 0 Å². The SMILES string of the molecule is CC(C)OC1COc2nc(S(=O)(=O)NC(=O)Cc3c(C(C)C)cc(-c4ccc5c(c4)COCC5)cc3C(C)C)nn2C1. The number of sulfonamides is 1. The predicted molar refractivity (Wildman–Crippen MR) is 158 cm³/mol. The second-order valence-electron chi connectivity index (χ2n) is 11.9. The van der Waals surface area contributed by atoms with Crippen LogP contribution in [0.2, 0.25) is 0 Å². The quantitative estimate of drug-likeness (QED) is 0.383. The normalized spacial score (nSPS) is 16.8. The van der Waals surface area contributed by atoms with Crippen molar-refractivity contribution in [2.45, 2.75) is 96.7 Å². The van der Waals surface area contributed by atoms with Crippen molar-refractivity contribution in [1.82, 2.24) is 19.5 Å². The van der Waals surface area contributed by atoms with E-state index in [4.69, 9.17) is 14.2 Å². The van der Waals surface area contributed by atoms with Gasteiger partial charge in [0.15, 0.2) is 0 Å². The molecule has 0 saturated heterocycles. The van der Waals surface area contributed by atoms with Crippen LogP contribution < -0.4 is 9.46 Å². The Morgan fingerprint density at radius 3 is 2.43 bits per heavy atom. The molecule has 3 aromatic rings. The first-order chi connectivity index (χ1) is 19.9. The van der Waals surface area contributed by atoms with Gasteiger partial charge >= 0.3 is 16.0 Å². The van der Waals surface area contributed by atoms with Gasteiger partial charge in [-0.3, -0.25) is 4.79 Å². The molecule has 1 aromatic heterocycles. The average Bonchev–Trinajstić information content (AvgIpc) is 3.36. The summed E-state index contributed by atoms with van der Waals surface area (Å²) in [5, 5.41) is 3.59. The molecule has 2 aromatic carbocycles. The second-order valence-corrected chi connectivity index (χ2v) is 13.5. The number of hydrogen-bond donors (Lipinski definition) is 1. The van der Waals surface area contributed by atoms with Gasteiger partial charge in [-0.05, 0) is 77.1 Å². The van der Waals surface area contributed by atoms with Gasteiger partial charge in [0, 0.05) is 0 Å². The maximum atomic E-state index is 13.3. The van der Waals surface area contributed by atoms with Crippen LogP contribution in [0.25, 0.3) is 11.1 Å². The molecular formula is C31H40N4O6S.